The number of fused-ring (bicyclic) bond motifs is 4. The van der Waals surface area contributed by atoms with Gasteiger partial charge in [-0.3, -0.25) is 4.79 Å². The highest BCUT2D eigenvalue weighted by molar-refractivity contribution is 5.74. The van der Waals surface area contributed by atoms with Gasteiger partial charge in [-0.2, -0.15) is 0 Å². The van der Waals surface area contributed by atoms with E-state index in [2.05, 4.69) is 10.6 Å². The first-order valence-corrected chi connectivity index (χ1v) is 11.8. The molecule has 1 aliphatic carbocycles. The third kappa shape index (κ3) is 4.28. The van der Waals surface area contributed by atoms with Crippen molar-refractivity contribution in [3.05, 3.63) is 51.8 Å². The number of nitrogens with one attached hydrogen (secondary N) is 2. The summed E-state index contributed by atoms with van der Waals surface area (Å²) in [5.41, 5.74) is 1.54. The second kappa shape index (κ2) is 9.02. The summed E-state index contributed by atoms with van der Waals surface area (Å²) < 4.78 is 7.38. The van der Waals surface area contributed by atoms with Crippen LogP contribution in [0.4, 0.5) is 10.5 Å². The van der Waals surface area contributed by atoms with E-state index in [1.54, 1.807) is 12.1 Å². The standard InChI is InChI=1S/C24H32N4O4/c29-15-20-7-6-19(32-20)11-25-21-8-9-22-17-10-16(13-28(22)23(21)30)12-27(14-17)24(31)26-18-4-2-1-3-5-18/h6-9,16-18,25,29H,1-5,10-15H2,(H,26,31)/t16-,17+/m0/s1. The molecule has 172 valence electrons. The summed E-state index contributed by atoms with van der Waals surface area (Å²) in [6.45, 7) is 2.26. The number of aliphatic hydroxyl groups is 1. The lowest BCUT2D eigenvalue weighted by Crippen LogP contribution is -2.53. The van der Waals surface area contributed by atoms with Gasteiger partial charge in [-0.25, -0.2) is 4.79 Å². The number of anilines is 1. The average Bonchev–Trinajstić information content (AvgIpc) is 3.28. The Hall–Kier alpha value is -2.74. The number of likely N-dealkylation sites (tertiary alicyclic amines) is 1. The van der Waals surface area contributed by atoms with Crippen LogP contribution < -0.4 is 16.2 Å². The normalized spacial score (nSPS) is 23.0. The maximum atomic E-state index is 13.1. The second-order valence-corrected chi connectivity index (χ2v) is 9.46. The molecule has 8 nitrogen and oxygen atoms in total. The number of hydrogen-bond donors (Lipinski definition) is 3. The number of piperidine rings is 1. The van der Waals surface area contributed by atoms with E-state index < -0.39 is 0 Å². The molecule has 2 bridgehead atoms. The molecule has 8 heteroatoms. The molecule has 1 saturated heterocycles. The second-order valence-electron chi connectivity index (χ2n) is 9.46. The fourth-order valence-electron chi connectivity index (χ4n) is 5.54. The third-order valence-corrected chi connectivity index (χ3v) is 7.15. The van der Waals surface area contributed by atoms with Crippen LogP contribution >= 0.6 is 0 Å². The van der Waals surface area contributed by atoms with Crippen LogP contribution in [-0.2, 0) is 19.7 Å². The first kappa shape index (κ1) is 21.1. The SMILES string of the molecule is O=C(NC1CCCCC1)N1C[C@@H]2C[C@H](C1)c1ccc(NCc3ccc(CO)o3)c(=O)n1C2. The number of rotatable bonds is 5. The minimum Gasteiger partial charge on any atom is -0.462 e. The first-order chi connectivity index (χ1) is 15.6. The lowest BCUT2D eigenvalue weighted by Gasteiger charge is -2.43. The molecule has 2 atom stereocenters. The number of nitrogens with zero attached hydrogens (tertiary/aromatic N) is 2. The van der Waals surface area contributed by atoms with Gasteiger partial charge < -0.3 is 29.6 Å². The van der Waals surface area contributed by atoms with Gasteiger partial charge in [-0.1, -0.05) is 19.3 Å². The number of carbonyl (C=O) groups excluding carboxylic acids is 1. The van der Waals surface area contributed by atoms with Crippen molar-refractivity contribution in [1.82, 2.24) is 14.8 Å². The highest BCUT2D eigenvalue weighted by Crippen LogP contribution is 2.35. The molecular formula is C24H32N4O4. The van der Waals surface area contributed by atoms with Crippen molar-refractivity contribution < 1.29 is 14.3 Å². The Labute approximate surface area is 187 Å². The van der Waals surface area contributed by atoms with Gasteiger partial charge in [0.15, 0.2) is 0 Å². The molecule has 32 heavy (non-hydrogen) atoms. The highest BCUT2D eigenvalue weighted by atomic mass is 16.4. The van der Waals surface area contributed by atoms with Crippen LogP contribution in [0, 0.1) is 5.92 Å². The van der Waals surface area contributed by atoms with Crippen LogP contribution in [-0.4, -0.2) is 39.7 Å². The maximum absolute atomic E-state index is 13.1. The third-order valence-electron chi connectivity index (χ3n) is 7.15. The largest absolute Gasteiger partial charge is 0.462 e. The Balaban J connectivity index is 1.26. The molecule has 2 aromatic rings. The molecule has 4 heterocycles. The zero-order valence-corrected chi connectivity index (χ0v) is 18.4. The van der Waals surface area contributed by atoms with Crippen molar-refractivity contribution in [3.63, 3.8) is 0 Å². The molecule has 2 aliphatic heterocycles. The Morgan fingerprint density at radius 1 is 1.06 bits per heavy atom. The van der Waals surface area contributed by atoms with Crippen LogP contribution in [0.3, 0.4) is 0 Å². The summed E-state index contributed by atoms with van der Waals surface area (Å²) in [5.74, 6) is 1.67. The number of carbonyl (C=O) groups is 1. The molecule has 5 rings (SSSR count). The number of pyridine rings is 1. The van der Waals surface area contributed by atoms with Crippen molar-refractivity contribution in [2.24, 2.45) is 5.92 Å². The Morgan fingerprint density at radius 2 is 1.88 bits per heavy atom. The van der Waals surface area contributed by atoms with Gasteiger partial charge in [-0.15, -0.1) is 0 Å². The number of urea groups is 1. The van der Waals surface area contributed by atoms with Gasteiger partial charge in [-0.05, 0) is 49.4 Å². The van der Waals surface area contributed by atoms with Gasteiger partial charge in [0.25, 0.3) is 5.56 Å². The summed E-state index contributed by atoms with van der Waals surface area (Å²) in [4.78, 5) is 28.0. The van der Waals surface area contributed by atoms with Gasteiger partial charge >= 0.3 is 6.03 Å². The molecule has 0 spiro atoms. The van der Waals surface area contributed by atoms with Gasteiger partial charge in [0, 0.05) is 37.3 Å². The molecular weight excluding hydrogens is 408 g/mol. The van der Waals surface area contributed by atoms with Crippen molar-refractivity contribution in [1.29, 1.82) is 0 Å². The average molecular weight is 441 g/mol. The molecule has 0 aromatic carbocycles. The van der Waals surface area contributed by atoms with E-state index >= 15 is 0 Å². The van der Waals surface area contributed by atoms with Crippen LogP contribution in [0.25, 0.3) is 0 Å². The fourth-order valence-corrected chi connectivity index (χ4v) is 5.54. The monoisotopic (exact) mass is 440 g/mol. The molecule has 2 fully saturated rings. The number of furan rings is 1. The Bertz CT molecular complexity index is 1020. The summed E-state index contributed by atoms with van der Waals surface area (Å²) in [5, 5.41) is 15.5. The van der Waals surface area contributed by atoms with Crippen LogP contribution in [0.1, 0.15) is 61.7 Å². The summed E-state index contributed by atoms with van der Waals surface area (Å²) in [7, 11) is 0. The molecule has 0 unspecified atom stereocenters. The Kier molecular flexibility index (Phi) is 5.95. The zero-order valence-electron chi connectivity index (χ0n) is 18.4. The van der Waals surface area contributed by atoms with E-state index in [4.69, 9.17) is 9.52 Å². The maximum Gasteiger partial charge on any atom is 0.317 e. The van der Waals surface area contributed by atoms with E-state index in [1.807, 2.05) is 21.6 Å². The number of hydrogen-bond acceptors (Lipinski definition) is 5. The van der Waals surface area contributed by atoms with E-state index in [1.165, 1.54) is 19.3 Å². The van der Waals surface area contributed by atoms with E-state index in [0.29, 0.717) is 55.3 Å². The van der Waals surface area contributed by atoms with E-state index in [0.717, 1.165) is 25.0 Å². The van der Waals surface area contributed by atoms with Gasteiger partial charge in [0.05, 0.1) is 6.54 Å². The molecule has 2 amide bonds. The van der Waals surface area contributed by atoms with Crippen LogP contribution in [0.2, 0.25) is 0 Å². The predicted octanol–water partition coefficient (Wildman–Crippen LogP) is 3.01. The van der Waals surface area contributed by atoms with E-state index in [9.17, 15) is 9.59 Å². The lowest BCUT2D eigenvalue weighted by molar-refractivity contribution is 0.127. The predicted molar refractivity (Wildman–Crippen MR) is 120 cm³/mol. The van der Waals surface area contributed by atoms with Crippen molar-refractivity contribution in [3.8, 4) is 0 Å². The van der Waals surface area contributed by atoms with Crippen molar-refractivity contribution in [2.75, 3.05) is 18.4 Å². The molecule has 1 saturated carbocycles. The van der Waals surface area contributed by atoms with Crippen molar-refractivity contribution in [2.45, 2.75) is 70.2 Å². The smallest absolute Gasteiger partial charge is 0.317 e. The quantitative estimate of drug-likeness (QED) is 0.664. The van der Waals surface area contributed by atoms with Gasteiger partial charge in [0.2, 0.25) is 0 Å². The topological polar surface area (TPSA) is 99.7 Å². The molecule has 3 aliphatic rings. The van der Waals surface area contributed by atoms with Crippen LogP contribution in [0.15, 0.2) is 33.5 Å². The fraction of sp³-hybridized carbons (Fsp3) is 0.583. The minimum absolute atomic E-state index is 0.0220. The van der Waals surface area contributed by atoms with Crippen LogP contribution in [0.5, 0.6) is 0 Å². The van der Waals surface area contributed by atoms with Crippen molar-refractivity contribution >= 4 is 11.7 Å². The van der Waals surface area contributed by atoms with Gasteiger partial charge in [0.1, 0.15) is 23.8 Å². The zero-order chi connectivity index (χ0) is 22.1. The molecule has 0 radical (unpaired) electrons. The Morgan fingerprint density at radius 3 is 2.66 bits per heavy atom. The summed E-state index contributed by atoms with van der Waals surface area (Å²) in [6.07, 6.45) is 6.86. The summed E-state index contributed by atoms with van der Waals surface area (Å²) >= 11 is 0. The minimum atomic E-state index is -0.139. The lowest BCUT2D eigenvalue weighted by atomic mass is 9.83. The summed E-state index contributed by atoms with van der Waals surface area (Å²) in [6, 6.07) is 7.76. The first-order valence-electron chi connectivity index (χ1n) is 11.8. The number of aromatic nitrogens is 1. The van der Waals surface area contributed by atoms with E-state index in [-0.39, 0.29) is 24.1 Å². The molecule has 2 aromatic heterocycles. The number of amides is 2. The number of aliphatic hydroxyl groups excluding tert-OH is 1. The highest BCUT2D eigenvalue weighted by Gasteiger charge is 2.37. The molecule has 3 N–H and O–H groups in total.